The molecule has 0 bridgehead atoms. The van der Waals surface area contributed by atoms with Crippen LogP contribution in [-0.2, 0) is 4.79 Å². The van der Waals surface area contributed by atoms with E-state index in [0.717, 1.165) is 11.1 Å². The maximum atomic E-state index is 12.5. The van der Waals surface area contributed by atoms with Crippen LogP contribution in [0, 0.1) is 11.8 Å². The van der Waals surface area contributed by atoms with E-state index in [-0.39, 0.29) is 6.54 Å². The fraction of sp³-hybridized carbons (Fsp3) is 0.273. The summed E-state index contributed by atoms with van der Waals surface area (Å²) in [4.78, 5) is 24.3. The first-order valence-electron chi connectivity index (χ1n) is 9.57. The standard InChI is InChI=1S/C22H26N4O4/c23-14-4-7-20(27)24-15-19(22(29)26-30)25-21(28)18-12-10-17(11-13-18)9-8-16-5-2-1-3-6-16/h1-3,5-6,10-13,19-20,24,27,30H,4,7,14-15,23H2,(H,25,28)(H,26,29)/t19-,20-/m0/s1. The molecule has 8 nitrogen and oxygen atoms in total. The van der Waals surface area contributed by atoms with Crippen molar-refractivity contribution < 1.29 is 19.9 Å². The molecule has 0 saturated carbocycles. The van der Waals surface area contributed by atoms with E-state index in [0.29, 0.717) is 24.9 Å². The molecule has 2 aromatic rings. The summed E-state index contributed by atoms with van der Waals surface area (Å²) < 4.78 is 0. The Morgan fingerprint density at radius 1 is 1.00 bits per heavy atom. The molecular formula is C22H26N4O4. The summed E-state index contributed by atoms with van der Waals surface area (Å²) in [7, 11) is 0. The third-order valence-electron chi connectivity index (χ3n) is 4.24. The summed E-state index contributed by atoms with van der Waals surface area (Å²) in [5.41, 5.74) is 8.87. The van der Waals surface area contributed by atoms with Crippen LogP contribution < -0.4 is 21.8 Å². The van der Waals surface area contributed by atoms with Crippen molar-refractivity contribution in [2.45, 2.75) is 25.1 Å². The Morgan fingerprint density at radius 2 is 1.63 bits per heavy atom. The van der Waals surface area contributed by atoms with E-state index in [2.05, 4.69) is 22.5 Å². The Bertz CT molecular complexity index is 876. The molecule has 0 heterocycles. The quantitative estimate of drug-likeness (QED) is 0.153. The number of carbonyl (C=O) groups excluding carboxylic acids is 2. The van der Waals surface area contributed by atoms with E-state index in [1.807, 2.05) is 30.3 Å². The van der Waals surface area contributed by atoms with Gasteiger partial charge < -0.3 is 16.2 Å². The average Bonchev–Trinajstić information content (AvgIpc) is 2.79. The molecule has 2 amide bonds. The maximum absolute atomic E-state index is 12.5. The third kappa shape index (κ3) is 7.66. The first kappa shape index (κ1) is 23.1. The Morgan fingerprint density at radius 3 is 2.23 bits per heavy atom. The normalized spacial score (nSPS) is 12.2. The van der Waals surface area contributed by atoms with Crippen molar-refractivity contribution in [1.29, 1.82) is 0 Å². The Kier molecular flexibility index (Phi) is 9.51. The number of benzene rings is 2. The van der Waals surface area contributed by atoms with Crippen LogP contribution in [0.15, 0.2) is 54.6 Å². The number of rotatable bonds is 9. The van der Waals surface area contributed by atoms with Crippen LogP contribution in [0.3, 0.4) is 0 Å². The van der Waals surface area contributed by atoms with Gasteiger partial charge in [0.25, 0.3) is 11.8 Å². The Balaban J connectivity index is 1.97. The van der Waals surface area contributed by atoms with Crippen LogP contribution in [-0.4, -0.2) is 47.5 Å². The van der Waals surface area contributed by atoms with Crippen LogP contribution in [0.2, 0.25) is 0 Å². The molecule has 0 saturated heterocycles. The van der Waals surface area contributed by atoms with Gasteiger partial charge in [-0.05, 0) is 55.8 Å². The second kappa shape index (κ2) is 12.4. The van der Waals surface area contributed by atoms with Gasteiger partial charge in [-0.3, -0.25) is 20.1 Å². The second-order valence-corrected chi connectivity index (χ2v) is 6.55. The molecule has 158 valence electrons. The minimum absolute atomic E-state index is 0.0650. The van der Waals surface area contributed by atoms with E-state index in [1.165, 1.54) is 5.48 Å². The molecule has 2 rings (SSSR count). The lowest BCUT2D eigenvalue weighted by Gasteiger charge is -2.20. The molecule has 0 aliphatic heterocycles. The lowest BCUT2D eigenvalue weighted by atomic mass is 10.1. The van der Waals surface area contributed by atoms with Gasteiger partial charge in [-0.25, -0.2) is 5.48 Å². The number of hydroxylamine groups is 1. The minimum atomic E-state index is -1.08. The van der Waals surface area contributed by atoms with Crippen LogP contribution in [0.25, 0.3) is 0 Å². The molecule has 0 aliphatic rings. The Hall–Kier alpha value is -3.22. The van der Waals surface area contributed by atoms with E-state index in [1.54, 1.807) is 24.3 Å². The van der Waals surface area contributed by atoms with Gasteiger partial charge in [0.2, 0.25) is 0 Å². The maximum Gasteiger partial charge on any atom is 0.267 e. The van der Waals surface area contributed by atoms with Gasteiger partial charge in [0.05, 0.1) is 0 Å². The molecule has 7 N–H and O–H groups in total. The minimum Gasteiger partial charge on any atom is -0.379 e. The largest absolute Gasteiger partial charge is 0.379 e. The molecule has 2 atom stereocenters. The van der Waals surface area contributed by atoms with Gasteiger partial charge in [0.15, 0.2) is 0 Å². The van der Waals surface area contributed by atoms with E-state index in [9.17, 15) is 14.7 Å². The summed E-state index contributed by atoms with van der Waals surface area (Å²) in [6.45, 7) is 0.367. The fourth-order valence-electron chi connectivity index (χ4n) is 2.57. The van der Waals surface area contributed by atoms with Crippen LogP contribution >= 0.6 is 0 Å². The lowest BCUT2D eigenvalue weighted by molar-refractivity contribution is -0.131. The first-order chi connectivity index (χ1) is 14.5. The van der Waals surface area contributed by atoms with Crippen LogP contribution in [0.5, 0.6) is 0 Å². The number of amides is 2. The summed E-state index contributed by atoms with van der Waals surface area (Å²) >= 11 is 0. The Labute approximate surface area is 175 Å². The van der Waals surface area contributed by atoms with E-state index in [4.69, 9.17) is 10.9 Å². The topological polar surface area (TPSA) is 137 Å². The van der Waals surface area contributed by atoms with Gasteiger partial charge >= 0.3 is 0 Å². The average molecular weight is 410 g/mol. The predicted molar refractivity (Wildman–Crippen MR) is 112 cm³/mol. The second-order valence-electron chi connectivity index (χ2n) is 6.55. The van der Waals surface area contributed by atoms with Crippen molar-refractivity contribution >= 4 is 11.8 Å². The molecule has 30 heavy (non-hydrogen) atoms. The molecule has 0 aliphatic carbocycles. The van der Waals surface area contributed by atoms with Crippen molar-refractivity contribution in [3.05, 3.63) is 71.3 Å². The van der Waals surface area contributed by atoms with Crippen molar-refractivity contribution in [2.24, 2.45) is 5.73 Å². The van der Waals surface area contributed by atoms with Crippen molar-refractivity contribution in [3.63, 3.8) is 0 Å². The van der Waals surface area contributed by atoms with Gasteiger partial charge in [-0.1, -0.05) is 30.0 Å². The predicted octanol–water partition coefficient (Wildman–Crippen LogP) is 0.337. The van der Waals surface area contributed by atoms with Crippen molar-refractivity contribution in [2.75, 3.05) is 13.1 Å². The highest BCUT2D eigenvalue weighted by molar-refractivity contribution is 5.97. The summed E-state index contributed by atoms with van der Waals surface area (Å²) in [5.74, 6) is 4.76. The highest BCUT2D eigenvalue weighted by Gasteiger charge is 2.21. The van der Waals surface area contributed by atoms with E-state index >= 15 is 0 Å². The third-order valence-corrected chi connectivity index (χ3v) is 4.24. The number of hydrogen-bond donors (Lipinski definition) is 6. The number of nitrogens with two attached hydrogens (primary N) is 1. The van der Waals surface area contributed by atoms with Gasteiger partial charge in [0.1, 0.15) is 12.3 Å². The number of aliphatic hydroxyl groups is 1. The summed E-state index contributed by atoms with van der Waals surface area (Å²) in [6.07, 6.45) is 0.141. The molecule has 0 aromatic heterocycles. The van der Waals surface area contributed by atoms with E-state index < -0.39 is 24.1 Å². The number of carbonyl (C=O) groups is 2. The summed E-state index contributed by atoms with van der Waals surface area (Å²) in [6, 6.07) is 15.1. The fourth-order valence-corrected chi connectivity index (χ4v) is 2.57. The molecule has 0 unspecified atom stereocenters. The van der Waals surface area contributed by atoms with Crippen LogP contribution in [0.1, 0.15) is 34.3 Å². The monoisotopic (exact) mass is 410 g/mol. The molecule has 0 radical (unpaired) electrons. The van der Waals surface area contributed by atoms with Gasteiger partial charge in [0, 0.05) is 23.2 Å². The summed E-state index contributed by atoms with van der Waals surface area (Å²) in [5, 5.41) is 24.0. The highest BCUT2D eigenvalue weighted by Crippen LogP contribution is 2.05. The number of hydrogen-bond acceptors (Lipinski definition) is 6. The zero-order chi connectivity index (χ0) is 21.8. The zero-order valence-electron chi connectivity index (χ0n) is 16.5. The molecule has 0 fully saturated rings. The first-order valence-corrected chi connectivity index (χ1v) is 9.57. The van der Waals surface area contributed by atoms with Crippen molar-refractivity contribution in [3.8, 4) is 11.8 Å². The van der Waals surface area contributed by atoms with Crippen LogP contribution in [0.4, 0.5) is 0 Å². The number of aliphatic hydroxyl groups excluding tert-OH is 1. The lowest BCUT2D eigenvalue weighted by Crippen LogP contribution is -2.52. The zero-order valence-corrected chi connectivity index (χ0v) is 16.5. The molecule has 0 spiro atoms. The molecule has 2 aromatic carbocycles. The van der Waals surface area contributed by atoms with Crippen molar-refractivity contribution in [1.82, 2.24) is 16.1 Å². The molecular weight excluding hydrogens is 384 g/mol. The van der Waals surface area contributed by atoms with Gasteiger partial charge in [-0.2, -0.15) is 0 Å². The van der Waals surface area contributed by atoms with Gasteiger partial charge in [-0.15, -0.1) is 0 Å². The molecule has 8 heteroatoms. The SMILES string of the molecule is NCCC[C@H](O)NC[C@H](NC(=O)c1ccc(C#Cc2ccccc2)cc1)C(=O)NO. The highest BCUT2D eigenvalue weighted by atomic mass is 16.5. The number of nitrogens with one attached hydrogen (secondary N) is 3. The smallest absolute Gasteiger partial charge is 0.267 e.